The van der Waals surface area contributed by atoms with Gasteiger partial charge in [-0.25, -0.2) is 0 Å². The molecule has 2 aromatic carbocycles. The van der Waals surface area contributed by atoms with Gasteiger partial charge >= 0.3 is 0 Å². The molecule has 2 saturated heterocycles. The van der Waals surface area contributed by atoms with E-state index in [0.717, 1.165) is 45.3 Å². The number of hydrogen-bond acceptors (Lipinski definition) is 3. The second kappa shape index (κ2) is 8.06. The van der Waals surface area contributed by atoms with Gasteiger partial charge in [0.1, 0.15) is 5.54 Å². The molecule has 0 aromatic heterocycles. The Morgan fingerprint density at radius 3 is 2.43 bits per heavy atom. The fourth-order valence-corrected chi connectivity index (χ4v) is 5.00. The van der Waals surface area contributed by atoms with Crippen LogP contribution >= 0.6 is 0 Å². The monoisotopic (exact) mass is 378 g/mol. The minimum absolute atomic E-state index is 0.0438. The number of β-amino-alcohol motifs (C(OH)–C–C–N with tert-alkyl or cyclic N) is 1. The summed E-state index contributed by atoms with van der Waals surface area (Å²) in [5, 5.41) is 9.30. The van der Waals surface area contributed by atoms with Crippen LogP contribution in [0.25, 0.3) is 11.1 Å². The van der Waals surface area contributed by atoms with Crippen LogP contribution in [0, 0.1) is 6.92 Å². The summed E-state index contributed by atoms with van der Waals surface area (Å²) in [6, 6.07) is 17.3. The zero-order valence-corrected chi connectivity index (χ0v) is 16.7. The number of aliphatic hydroxyl groups excluding tert-OH is 1. The Hall–Kier alpha value is -2.17. The van der Waals surface area contributed by atoms with E-state index in [-0.39, 0.29) is 18.1 Å². The summed E-state index contributed by atoms with van der Waals surface area (Å²) in [4.78, 5) is 17.4. The molecule has 1 spiro atoms. The Labute approximate surface area is 167 Å². The first-order valence-electron chi connectivity index (χ1n) is 10.4. The first-order valence-corrected chi connectivity index (χ1v) is 10.4. The quantitative estimate of drug-likeness (QED) is 0.864. The lowest BCUT2D eigenvalue weighted by Crippen LogP contribution is -2.60. The number of amides is 1. The molecule has 28 heavy (non-hydrogen) atoms. The van der Waals surface area contributed by atoms with Gasteiger partial charge in [0.2, 0.25) is 5.91 Å². The van der Waals surface area contributed by atoms with Gasteiger partial charge in [-0.05, 0) is 61.4 Å². The highest BCUT2D eigenvalue weighted by Gasteiger charge is 2.50. The molecular formula is C24H30N2O2. The molecule has 2 aromatic rings. The predicted octanol–water partition coefficient (Wildman–Crippen LogP) is 3.61. The van der Waals surface area contributed by atoms with E-state index in [0.29, 0.717) is 6.54 Å². The molecule has 4 rings (SSSR count). The molecule has 2 heterocycles. The third-order valence-corrected chi connectivity index (χ3v) is 6.48. The molecule has 4 heteroatoms. The van der Waals surface area contributed by atoms with Crippen LogP contribution < -0.4 is 0 Å². The van der Waals surface area contributed by atoms with Crippen LogP contribution in [-0.4, -0.2) is 52.6 Å². The summed E-state index contributed by atoms with van der Waals surface area (Å²) in [5.41, 5.74) is 4.69. The largest absolute Gasteiger partial charge is 0.395 e. The van der Waals surface area contributed by atoms with Crippen LogP contribution in [0.5, 0.6) is 0 Å². The van der Waals surface area contributed by atoms with E-state index in [1.807, 2.05) is 4.90 Å². The van der Waals surface area contributed by atoms with Gasteiger partial charge < -0.3 is 10.0 Å². The molecule has 2 aliphatic heterocycles. The van der Waals surface area contributed by atoms with Crippen molar-refractivity contribution in [3.63, 3.8) is 0 Å². The van der Waals surface area contributed by atoms with Gasteiger partial charge in [-0.3, -0.25) is 9.69 Å². The highest BCUT2D eigenvalue weighted by atomic mass is 16.3. The van der Waals surface area contributed by atoms with Crippen LogP contribution in [0.1, 0.15) is 36.8 Å². The predicted molar refractivity (Wildman–Crippen MR) is 112 cm³/mol. The first kappa shape index (κ1) is 19.2. The van der Waals surface area contributed by atoms with Crippen LogP contribution in [-0.2, 0) is 11.3 Å². The summed E-state index contributed by atoms with van der Waals surface area (Å²) in [6.07, 6.45) is 3.97. The Morgan fingerprint density at radius 1 is 1.00 bits per heavy atom. The Kier molecular flexibility index (Phi) is 5.51. The molecule has 0 saturated carbocycles. The number of carbonyl (C=O) groups is 1. The topological polar surface area (TPSA) is 43.8 Å². The Morgan fingerprint density at radius 2 is 1.71 bits per heavy atom. The smallest absolute Gasteiger partial charge is 0.243 e. The maximum absolute atomic E-state index is 13.2. The minimum atomic E-state index is -0.359. The second-order valence-corrected chi connectivity index (χ2v) is 8.19. The number of rotatable bonds is 5. The van der Waals surface area contributed by atoms with E-state index in [1.165, 1.54) is 22.3 Å². The highest BCUT2D eigenvalue weighted by molar-refractivity contribution is 5.87. The Balaban J connectivity index is 1.52. The van der Waals surface area contributed by atoms with Gasteiger partial charge in [-0.1, -0.05) is 48.5 Å². The van der Waals surface area contributed by atoms with Gasteiger partial charge in [0, 0.05) is 19.6 Å². The van der Waals surface area contributed by atoms with Crippen molar-refractivity contribution in [2.45, 2.75) is 44.7 Å². The van der Waals surface area contributed by atoms with Crippen molar-refractivity contribution >= 4 is 5.91 Å². The van der Waals surface area contributed by atoms with Crippen molar-refractivity contribution in [2.24, 2.45) is 0 Å². The Bertz CT molecular complexity index is 831. The van der Waals surface area contributed by atoms with Gasteiger partial charge in [0.15, 0.2) is 0 Å². The summed E-state index contributed by atoms with van der Waals surface area (Å²) in [6.45, 7) is 5.21. The molecule has 1 unspecified atom stereocenters. The highest BCUT2D eigenvalue weighted by Crippen LogP contribution is 2.39. The maximum Gasteiger partial charge on any atom is 0.243 e. The van der Waals surface area contributed by atoms with Crippen LogP contribution in [0.4, 0.5) is 0 Å². The number of piperidine rings is 1. The summed E-state index contributed by atoms with van der Waals surface area (Å²) in [5.74, 6) is 0.224. The number of nitrogens with zero attached hydrogens (tertiary/aromatic N) is 2. The maximum atomic E-state index is 13.2. The number of aryl methyl sites for hydroxylation is 1. The van der Waals surface area contributed by atoms with E-state index < -0.39 is 0 Å². The van der Waals surface area contributed by atoms with Crippen molar-refractivity contribution in [3.8, 4) is 11.1 Å². The fourth-order valence-electron chi connectivity index (χ4n) is 5.00. The van der Waals surface area contributed by atoms with E-state index in [1.54, 1.807) is 0 Å². The lowest BCUT2D eigenvalue weighted by molar-refractivity contribution is -0.148. The molecule has 2 aliphatic rings. The van der Waals surface area contributed by atoms with Crippen molar-refractivity contribution in [1.82, 2.24) is 9.80 Å². The van der Waals surface area contributed by atoms with E-state index in [9.17, 15) is 9.90 Å². The van der Waals surface area contributed by atoms with E-state index >= 15 is 0 Å². The van der Waals surface area contributed by atoms with Crippen LogP contribution in [0.2, 0.25) is 0 Å². The van der Waals surface area contributed by atoms with Crippen molar-refractivity contribution in [2.75, 3.05) is 26.2 Å². The molecule has 1 N–H and O–H groups in total. The molecule has 0 aliphatic carbocycles. The van der Waals surface area contributed by atoms with Crippen molar-refractivity contribution < 1.29 is 9.90 Å². The van der Waals surface area contributed by atoms with E-state index in [2.05, 4.69) is 60.4 Å². The molecule has 148 valence electrons. The molecule has 1 atom stereocenters. The van der Waals surface area contributed by atoms with Gasteiger partial charge in [0.05, 0.1) is 6.61 Å². The standard InChI is InChI=1S/C24H30N2O2/c1-19-6-2-3-7-22(19)21-10-8-20(9-11-21)18-26-15-5-13-24(26)12-4-14-25(16-17-27)23(24)28/h2-3,6-11,27H,4-5,12-18H2,1H3. The number of carbonyl (C=O) groups excluding carboxylic acids is 1. The molecular weight excluding hydrogens is 348 g/mol. The average Bonchev–Trinajstić information content (AvgIpc) is 3.10. The molecule has 4 nitrogen and oxygen atoms in total. The first-order chi connectivity index (χ1) is 13.6. The van der Waals surface area contributed by atoms with Crippen molar-refractivity contribution in [1.29, 1.82) is 0 Å². The normalized spacial score (nSPS) is 22.9. The number of aliphatic hydroxyl groups is 1. The van der Waals surface area contributed by atoms with Crippen LogP contribution in [0.3, 0.4) is 0 Å². The van der Waals surface area contributed by atoms with Gasteiger partial charge in [-0.15, -0.1) is 0 Å². The molecule has 1 amide bonds. The molecule has 0 radical (unpaired) electrons. The average molecular weight is 379 g/mol. The molecule has 2 fully saturated rings. The number of hydrogen-bond donors (Lipinski definition) is 1. The molecule has 0 bridgehead atoms. The van der Waals surface area contributed by atoms with Gasteiger partial charge in [0.25, 0.3) is 0 Å². The third kappa shape index (κ3) is 3.47. The van der Waals surface area contributed by atoms with Gasteiger partial charge in [-0.2, -0.15) is 0 Å². The van der Waals surface area contributed by atoms with Crippen molar-refractivity contribution in [3.05, 3.63) is 59.7 Å². The number of likely N-dealkylation sites (tertiary alicyclic amines) is 2. The minimum Gasteiger partial charge on any atom is -0.395 e. The second-order valence-electron chi connectivity index (χ2n) is 8.19. The zero-order valence-electron chi connectivity index (χ0n) is 16.7. The summed E-state index contributed by atoms with van der Waals surface area (Å²) >= 11 is 0. The number of benzene rings is 2. The lowest BCUT2D eigenvalue weighted by atomic mass is 9.85. The van der Waals surface area contributed by atoms with Crippen LogP contribution in [0.15, 0.2) is 48.5 Å². The summed E-state index contributed by atoms with van der Waals surface area (Å²) < 4.78 is 0. The zero-order chi connectivity index (χ0) is 19.6. The van der Waals surface area contributed by atoms with E-state index in [4.69, 9.17) is 0 Å². The lowest BCUT2D eigenvalue weighted by Gasteiger charge is -2.44. The summed E-state index contributed by atoms with van der Waals surface area (Å²) in [7, 11) is 0. The SMILES string of the molecule is Cc1ccccc1-c1ccc(CN2CCCC23CCCN(CCO)C3=O)cc1. The third-order valence-electron chi connectivity index (χ3n) is 6.48. The fraction of sp³-hybridized carbons (Fsp3) is 0.458.